The predicted molar refractivity (Wildman–Crippen MR) is 93.2 cm³/mol. The van der Waals surface area contributed by atoms with Crippen molar-refractivity contribution in [1.29, 1.82) is 0 Å². The first-order chi connectivity index (χ1) is 10.9. The normalized spacial score (nSPS) is 11.0. The van der Waals surface area contributed by atoms with Crippen LogP contribution in [0.1, 0.15) is 22.4 Å². The van der Waals surface area contributed by atoms with Crippen molar-refractivity contribution in [2.24, 2.45) is 0 Å². The van der Waals surface area contributed by atoms with Crippen LogP contribution in [0.4, 0.5) is 11.4 Å². The summed E-state index contributed by atoms with van der Waals surface area (Å²) in [5.74, 6) is 0.874. The van der Waals surface area contributed by atoms with E-state index in [1.807, 2.05) is 26.8 Å². The molecule has 0 saturated heterocycles. The standard InChI is InChI=1S/C17H19ClN4O/c1-9-6-10(2)16(23-5)12(4)14(9)21-15-13(18)7-11(3)22-17(15)19-8-20-22/h6-8,21H,1-5H3. The largest absolute Gasteiger partial charge is 0.496 e. The quantitative estimate of drug-likeness (QED) is 0.774. The molecule has 0 unspecified atom stereocenters. The van der Waals surface area contributed by atoms with Crippen molar-refractivity contribution < 1.29 is 4.74 Å². The van der Waals surface area contributed by atoms with Crippen molar-refractivity contribution in [3.05, 3.63) is 45.9 Å². The van der Waals surface area contributed by atoms with Crippen LogP contribution in [-0.4, -0.2) is 21.7 Å². The van der Waals surface area contributed by atoms with Gasteiger partial charge in [0.15, 0.2) is 5.65 Å². The number of methoxy groups -OCH3 is 1. The molecule has 1 N–H and O–H groups in total. The summed E-state index contributed by atoms with van der Waals surface area (Å²) in [5, 5.41) is 8.28. The molecule has 3 rings (SSSR count). The second-order valence-corrected chi connectivity index (χ2v) is 6.08. The lowest BCUT2D eigenvalue weighted by atomic mass is 10.0. The molecule has 0 aliphatic heterocycles. The number of anilines is 2. The molecule has 0 aliphatic rings. The van der Waals surface area contributed by atoms with E-state index in [1.165, 1.54) is 6.33 Å². The monoisotopic (exact) mass is 330 g/mol. The number of aromatic nitrogens is 3. The summed E-state index contributed by atoms with van der Waals surface area (Å²) in [4.78, 5) is 4.33. The zero-order valence-corrected chi connectivity index (χ0v) is 14.6. The van der Waals surface area contributed by atoms with E-state index in [0.717, 1.165) is 39.5 Å². The van der Waals surface area contributed by atoms with Gasteiger partial charge in [-0.3, -0.25) is 0 Å². The number of hydrogen-bond acceptors (Lipinski definition) is 4. The van der Waals surface area contributed by atoms with E-state index in [2.05, 4.69) is 28.4 Å². The van der Waals surface area contributed by atoms with E-state index >= 15 is 0 Å². The summed E-state index contributed by atoms with van der Waals surface area (Å²) in [6.07, 6.45) is 1.53. The van der Waals surface area contributed by atoms with Crippen LogP contribution in [0.2, 0.25) is 5.02 Å². The van der Waals surface area contributed by atoms with E-state index in [9.17, 15) is 0 Å². The third-order valence-corrected chi connectivity index (χ3v) is 4.33. The zero-order chi connectivity index (χ0) is 16.7. The number of rotatable bonds is 3. The van der Waals surface area contributed by atoms with Crippen LogP contribution < -0.4 is 10.1 Å². The van der Waals surface area contributed by atoms with Crippen molar-refractivity contribution in [3.63, 3.8) is 0 Å². The molecule has 1 aromatic carbocycles. The van der Waals surface area contributed by atoms with E-state index in [-0.39, 0.29) is 0 Å². The van der Waals surface area contributed by atoms with Crippen LogP contribution in [0.25, 0.3) is 5.65 Å². The highest BCUT2D eigenvalue weighted by Crippen LogP contribution is 2.37. The van der Waals surface area contributed by atoms with Crippen LogP contribution >= 0.6 is 11.6 Å². The fraction of sp³-hybridized carbons (Fsp3) is 0.294. The van der Waals surface area contributed by atoms with Gasteiger partial charge in [0.1, 0.15) is 17.8 Å². The molecule has 0 radical (unpaired) electrons. The van der Waals surface area contributed by atoms with Gasteiger partial charge in [-0.15, -0.1) is 0 Å². The van der Waals surface area contributed by atoms with Gasteiger partial charge in [-0.05, 0) is 44.9 Å². The van der Waals surface area contributed by atoms with Crippen LogP contribution in [0.3, 0.4) is 0 Å². The Labute approximate surface area is 140 Å². The first-order valence-corrected chi connectivity index (χ1v) is 7.72. The van der Waals surface area contributed by atoms with Gasteiger partial charge in [0.25, 0.3) is 0 Å². The minimum absolute atomic E-state index is 0.612. The molecule has 5 nitrogen and oxygen atoms in total. The van der Waals surface area contributed by atoms with E-state index in [4.69, 9.17) is 16.3 Å². The lowest BCUT2D eigenvalue weighted by Gasteiger charge is -2.19. The van der Waals surface area contributed by atoms with Crippen molar-refractivity contribution in [2.75, 3.05) is 12.4 Å². The lowest BCUT2D eigenvalue weighted by molar-refractivity contribution is 0.409. The minimum atomic E-state index is 0.612. The Bertz CT molecular complexity index is 901. The average molecular weight is 331 g/mol. The summed E-state index contributed by atoms with van der Waals surface area (Å²) in [6.45, 7) is 8.08. The van der Waals surface area contributed by atoms with Gasteiger partial charge in [-0.2, -0.15) is 5.10 Å². The van der Waals surface area contributed by atoms with Gasteiger partial charge >= 0.3 is 0 Å². The molecule has 0 atom stereocenters. The molecule has 2 heterocycles. The molecule has 120 valence electrons. The van der Waals surface area contributed by atoms with Crippen LogP contribution in [0.15, 0.2) is 18.5 Å². The summed E-state index contributed by atoms with van der Waals surface area (Å²) in [6, 6.07) is 3.97. The third kappa shape index (κ3) is 2.51. The van der Waals surface area contributed by atoms with E-state index in [1.54, 1.807) is 11.6 Å². The Hall–Kier alpha value is -2.27. The van der Waals surface area contributed by atoms with Crippen LogP contribution in [0.5, 0.6) is 5.75 Å². The molecule has 23 heavy (non-hydrogen) atoms. The molecule has 0 aliphatic carbocycles. The second-order valence-electron chi connectivity index (χ2n) is 5.67. The van der Waals surface area contributed by atoms with E-state index in [0.29, 0.717) is 10.7 Å². The summed E-state index contributed by atoms with van der Waals surface area (Å²) in [7, 11) is 1.68. The Morgan fingerprint density at radius 1 is 1.09 bits per heavy atom. The molecule has 0 fully saturated rings. The number of nitrogens with one attached hydrogen (secondary N) is 1. The molecule has 0 spiro atoms. The van der Waals surface area contributed by atoms with Gasteiger partial charge in [-0.1, -0.05) is 17.7 Å². The fourth-order valence-electron chi connectivity index (χ4n) is 3.01. The predicted octanol–water partition coefficient (Wildman–Crippen LogP) is 4.37. The number of nitrogens with zero attached hydrogens (tertiary/aromatic N) is 3. The fourth-order valence-corrected chi connectivity index (χ4v) is 3.30. The number of pyridine rings is 1. The summed E-state index contributed by atoms with van der Waals surface area (Å²) < 4.78 is 7.29. The van der Waals surface area contributed by atoms with Crippen LogP contribution in [0, 0.1) is 27.7 Å². The minimum Gasteiger partial charge on any atom is -0.496 e. The topological polar surface area (TPSA) is 51.5 Å². The SMILES string of the molecule is COc1c(C)cc(C)c(Nc2c(Cl)cc(C)n3ncnc23)c1C. The number of benzene rings is 1. The van der Waals surface area contributed by atoms with Gasteiger partial charge in [0.05, 0.1) is 12.1 Å². The Balaban J connectivity index is 2.19. The maximum absolute atomic E-state index is 6.45. The smallest absolute Gasteiger partial charge is 0.180 e. The number of aryl methyl sites for hydroxylation is 3. The lowest BCUT2D eigenvalue weighted by Crippen LogP contribution is -2.04. The summed E-state index contributed by atoms with van der Waals surface area (Å²) >= 11 is 6.45. The highest BCUT2D eigenvalue weighted by molar-refractivity contribution is 6.34. The Morgan fingerprint density at radius 2 is 1.83 bits per heavy atom. The number of ether oxygens (including phenoxy) is 1. The molecular weight excluding hydrogens is 312 g/mol. The second kappa shape index (κ2) is 5.74. The summed E-state index contributed by atoms with van der Waals surface area (Å²) in [5.41, 5.74) is 6.62. The maximum atomic E-state index is 6.45. The van der Waals surface area contributed by atoms with Gasteiger partial charge in [0.2, 0.25) is 0 Å². The molecular formula is C17H19ClN4O. The molecule has 2 aromatic heterocycles. The van der Waals surface area contributed by atoms with Gasteiger partial charge in [-0.25, -0.2) is 9.50 Å². The van der Waals surface area contributed by atoms with Gasteiger partial charge < -0.3 is 10.1 Å². The van der Waals surface area contributed by atoms with Crippen molar-refractivity contribution in [2.45, 2.75) is 27.7 Å². The molecule has 3 aromatic rings. The average Bonchev–Trinajstić information content (AvgIpc) is 2.96. The Morgan fingerprint density at radius 3 is 2.52 bits per heavy atom. The highest BCUT2D eigenvalue weighted by atomic mass is 35.5. The van der Waals surface area contributed by atoms with Crippen molar-refractivity contribution >= 4 is 28.6 Å². The first-order valence-electron chi connectivity index (χ1n) is 7.34. The molecule has 0 saturated carbocycles. The maximum Gasteiger partial charge on any atom is 0.180 e. The number of halogens is 1. The first kappa shape index (κ1) is 15.6. The van der Waals surface area contributed by atoms with Crippen molar-refractivity contribution in [3.8, 4) is 5.75 Å². The molecule has 0 bridgehead atoms. The zero-order valence-electron chi connectivity index (χ0n) is 13.9. The number of hydrogen-bond donors (Lipinski definition) is 1. The van der Waals surface area contributed by atoms with E-state index < -0.39 is 0 Å². The Kier molecular flexibility index (Phi) is 3.90. The molecule has 6 heteroatoms. The third-order valence-electron chi connectivity index (χ3n) is 4.04. The van der Waals surface area contributed by atoms with Crippen LogP contribution in [-0.2, 0) is 0 Å². The number of fused-ring (bicyclic) bond motifs is 1. The van der Waals surface area contributed by atoms with Gasteiger partial charge in [0, 0.05) is 16.9 Å². The van der Waals surface area contributed by atoms with Crippen molar-refractivity contribution in [1.82, 2.24) is 14.6 Å². The molecule has 0 amide bonds. The highest BCUT2D eigenvalue weighted by Gasteiger charge is 2.16.